The Morgan fingerprint density at radius 3 is 2.49 bits per heavy atom. The number of benzene rings is 2. The summed E-state index contributed by atoms with van der Waals surface area (Å²) in [6.07, 6.45) is 5.00. The number of hydrogen-bond acceptors (Lipinski definition) is 7. The summed E-state index contributed by atoms with van der Waals surface area (Å²) < 4.78 is 36.2. The Bertz CT molecular complexity index is 2070. The second kappa shape index (κ2) is 12.3. The Morgan fingerprint density at radius 2 is 1.80 bits per heavy atom. The summed E-state index contributed by atoms with van der Waals surface area (Å²) in [6.45, 7) is 12.5. The molecule has 1 saturated heterocycles. The molecule has 1 aliphatic rings. The molecule has 1 fully saturated rings. The first kappa shape index (κ1) is 30.3. The molecular weight excluding hydrogens is 588 g/mol. The molecule has 230 valence electrons. The van der Waals surface area contributed by atoms with Gasteiger partial charge in [-0.15, -0.1) is 0 Å². The van der Waals surface area contributed by atoms with Gasteiger partial charge in [-0.05, 0) is 56.4 Å². The van der Waals surface area contributed by atoms with Crippen LogP contribution in [-0.2, 0) is 14.8 Å². The molecule has 2 aromatic carbocycles. The van der Waals surface area contributed by atoms with Gasteiger partial charge in [-0.1, -0.05) is 42.0 Å². The van der Waals surface area contributed by atoms with E-state index in [0.29, 0.717) is 55.0 Å². The van der Waals surface area contributed by atoms with E-state index in [1.165, 1.54) is 3.97 Å². The van der Waals surface area contributed by atoms with Gasteiger partial charge in [0.1, 0.15) is 0 Å². The van der Waals surface area contributed by atoms with E-state index >= 15 is 0 Å². The van der Waals surface area contributed by atoms with Crippen molar-refractivity contribution in [2.75, 3.05) is 51.8 Å². The van der Waals surface area contributed by atoms with Crippen LogP contribution in [0.2, 0.25) is 0 Å². The minimum atomic E-state index is -3.99. The molecule has 0 N–H and O–H groups in total. The largest absolute Gasteiger partial charge is 0.378 e. The quantitative estimate of drug-likeness (QED) is 0.226. The fraction of sp³-hybridized carbons (Fsp3) is 0.265. The van der Waals surface area contributed by atoms with Crippen LogP contribution in [0, 0.1) is 13.5 Å². The van der Waals surface area contributed by atoms with E-state index in [1.54, 1.807) is 59.6 Å². The van der Waals surface area contributed by atoms with Gasteiger partial charge in [0.25, 0.3) is 15.6 Å². The average Bonchev–Trinajstić information content (AvgIpc) is 3.44. The molecule has 0 saturated carbocycles. The molecule has 10 nitrogen and oxygen atoms in total. The average molecular weight is 623 g/mol. The van der Waals surface area contributed by atoms with Crippen molar-refractivity contribution in [3.05, 3.63) is 118 Å². The topological polar surface area (TPSA) is 94.0 Å². The van der Waals surface area contributed by atoms with Crippen molar-refractivity contribution < 1.29 is 13.2 Å². The molecule has 5 aromatic rings. The number of hydrogen-bond donors (Lipinski definition) is 0. The molecule has 45 heavy (non-hydrogen) atoms. The molecule has 0 bridgehead atoms. The molecule has 3 aromatic heterocycles. The molecule has 11 heteroatoms. The number of ether oxygens (including phenoxy) is 1. The molecule has 0 aliphatic carbocycles. The second-order valence-electron chi connectivity index (χ2n) is 11.5. The predicted molar refractivity (Wildman–Crippen MR) is 176 cm³/mol. The molecule has 0 radical (unpaired) electrons. The van der Waals surface area contributed by atoms with E-state index < -0.39 is 10.0 Å². The van der Waals surface area contributed by atoms with Gasteiger partial charge >= 0.3 is 0 Å². The molecule has 1 unspecified atom stereocenters. The zero-order valence-electron chi connectivity index (χ0n) is 25.4. The normalized spacial score (nSPS) is 14.5. The van der Waals surface area contributed by atoms with Gasteiger partial charge < -0.3 is 19.1 Å². The first-order chi connectivity index (χ1) is 21.7. The van der Waals surface area contributed by atoms with Crippen LogP contribution in [-0.4, -0.2) is 73.8 Å². The van der Waals surface area contributed by atoms with Gasteiger partial charge in [0.05, 0.1) is 42.6 Å². The standard InChI is InChI=1S/C34H34N6O4S/c1-24-8-10-29(11-9-24)45(42,43)40-22-31(30-20-28(21-36-34(30)40)38-14-16-44-17-15-38)25-12-13-39(33(41)19-25)32(23-37(3)4)26-6-5-7-27(18-26)35-2/h5-13,18-22,32H,14-17,23H2,1,3-4H3. The number of pyridine rings is 2. The summed E-state index contributed by atoms with van der Waals surface area (Å²) in [5.74, 6) is 0. The van der Waals surface area contributed by atoms with Gasteiger partial charge in [0.15, 0.2) is 11.3 Å². The monoisotopic (exact) mass is 622 g/mol. The lowest BCUT2D eigenvalue weighted by Crippen LogP contribution is -2.36. The van der Waals surface area contributed by atoms with Gasteiger partial charge in [-0.2, -0.15) is 0 Å². The fourth-order valence-electron chi connectivity index (χ4n) is 5.72. The number of likely N-dealkylation sites (N-methyl/N-ethyl adjacent to an activating group) is 1. The van der Waals surface area contributed by atoms with Crippen molar-refractivity contribution in [3.8, 4) is 11.1 Å². The maximum Gasteiger partial charge on any atom is 0.269 e. The second-order valence-corrected chi connectivity index (χ2v) is 13.3. The van der Waals surface area contributed by atoms with E-state index in [-0.39, 0.29) is 22.1 Å². The molecule has 4 heterocycles. The van der Waals surface area contributed by atoms with Crippen molar-refractivity contribution in [2.24, 2.45) is 0 Å². The Balaban J connectivity index is 1.50. The van der Waals surface area contributed by atoms with Crippen LogP contribution in [0.25, 0.3) is 27.0 Å². The maximum absolute atomic E-state index is 13.9. The Labute approximate surface area is 262 Å². The lowest BCUT2D eigenvalue weighted by atomic mass is 10.0. The Hall–Kier alpha value is -4.76. The Morgan fingerprint density at radius 1 is 1.04 bits per heavy atom. The number of rotatable bonds is 8. The zero-order valence-corrected chi connectivity index (χ0v) is 26.2. The van der Waals surface area contributed by atoms with Gasteiger partial charge in [0.2, 0.25) is 0 Å². The molecule has 1 atom stereocenters. The summed E-state index contributed by atoms with van der Waals surface area (Å²) in [4.78, 5) is 26.3. The van der Waals surface area contributed by atoms with Crippen molar-refractivity contribution in [1.82, 2.24) is 18.4 Å². The van der Waals surface area contributed by atoms with Crippen molar-refractivity contribution in [1.29, 1.82) is 0 Å². The smallest absolute Gasteiger partial charge is 0.269 e. The van der Waals surface area contributed by atoms with Crippen molar-refractivity contribution in [3.63, 3.8) is 0 Å². The third-order valence-corrected chi connectivity index (χ3v) is 9.73. The number of anilines is 1. The highest BCUT2D eigenvalue weighted by atomic mass is 32.2. The van der Waals surface area contributed by atoms with Crippen molar-refractivity contribution in [2.45, 2.75) is 17.9 Å². The number of morpholine rings is 1. The Kier molecular flexibility index (Phi) is 8.29. The minimum Gasteiger partial charge on any atom is -0.378 e. The third kappa shape index (κ3) is 6.00. The molecule has 0 amide bonds. The maximum atomic E-state index is 13.9. The zero-order chi connectivity index (χ0) is 31.7. The molecule has 1 aliphatic heterocycles. The predicted octanol–water partition coefficient (Wildman–Crippen LogP) is 4.95. The summed E-state index contributed by atoms with van der Waals surface area (Å²) in [7, 11) is -0.112. The first-order valence-corrected chi connectivity index (χ1v) is 16.1. The van der Waals surface area contributed by atoms with E-state index in [9.17, 15) is 13.2 Å². The van der Waals surface area contributed by atoms with E-state index in [0.717, 1.165) is 16.8 Å². The summed E-state index contributed by atoms with van der Waals surface area (Å²) in [5, 5.41) is 0.626. The van der Waals surface area contributed by atoms with E-state index in [1.807, 2.05) is 56.3 Å². The SMILES string of the molecule is [C-]#[N+]c1cccc(C(CN(C)C)n2ccc(-c3cn(S(=O)(=O)c4ccc(C)cc4)c4ncc(N5CCOCC5)cc34)cc2=O)c1. The summed E-state index contributed by atoms with van der Waals surface area (Å²) >= 11 is 0. The van der Waals surface area contributed by atoms with Crippen LogP contribution in [0.5, 0.6) is 0 Å². The minimum absolute atomic E-state index is 0.152. The van der Waals surface area contributed by atoms with Gasteiger partial charge in [-0.25, -0.2) is 22.2 Å². The highest BCUT2D eigenvalue weighted by Crippen LogP contribution is 2.34. The van der Waals surface area contributed by atoms with Gasteiger partial charge in [-0.3, -0.25) is 4.79 Å². The van der Waals surface area contributed by atoms with Gasteiger partial charge in [0, 0.05) is 49.0 Å². The van der Waals surface area contributed by atoms with E-state index in [4.69, 9.17) is 11.3 Å². The molecule has 0 spiro atoms. The van der Waals surface area contributed by atoms with Crippen LogP contribution < -0.4 is 10.5 Å². The van der Waals surface area contributed by atoms with E-state index in [2.05, 4.69) is 14.7 Å². The first-order valence-electron chi connectivity index (χ1n) is 14.7. The molecule has 6 rings (SSSR count). The van der Waals surface area contributed by atoms with Crippen LogP contribution in [0.15, 0.2) is 95.0 Å². The fourth-order valence-corrected chi connectivity index (χ4v) is 7.04. The lowest BCUT2D eigenvalue weighted by Gasteiger charge is -2.28. The number of nitrogens with zero attached hydrogens (tertiary/aromatic N) is 6. The van der Waals surface area contributed by atoms with Crippen LogP contribution in [0.3, 0.4) is 0 Å². The lowest BCUT2D eigenvalue weighted by molar-refractivity contribution is 0.122. The highest BCUT2D eigenvalue weighted by Gasteiger charge is 2.25. The van der Waals surface area contributed by atoms with Crippen molar-refractivity contribution >= 4 is 32.4 Å². The van der Waals surface area contributed by atoms with Crippen LogP contribution in [0.4, 0.5) is 11.4 Å². The third-order valence-electron chi connectivity index (χ3n) is 8.07. The molecular formula is C34H34N6O4S. The number of aromatic nitrogens is 3. The highest BCUT2D eigenvalue weighted by molar-refractivity contribution is 7.90. The summed E-state index contributed by atoms with van der Waals surface area (Å²) in [5.41, 5.74) is 4.38. The summed E-state index contributed by atoms with van der Waals surface area (Å²) in [6, 6.07) is 19.0. The van der Waals surface area contributed by atoms with Crippen LogP contribution >= 0.6 is 0 Å². The number of fused-ring (bicyclic) bond motifs is 1. The number of aryl methyl sites for hydroxylation is 1. The van der Waals surface area contributed by atoms with Crippen LogP contribution in [0.1, 0.15) is 17.2 Å².